The van der Waals surface area contributed by atoms with Gasteiger partial charge in [-0.15, -0.1) is 0 Å². The van der Waals surface area contributed by atoms with Crippen LogP contribution in [-0.2, 0) is 10.8 Å². The van der Waals surface area contributed by atoms with Crippen molar-refractivity contribution in [1.82, 2.24) is 15.0 Å². The van der Waals surface area contributed by atoms with Crippen LogP contribution in [0, 0.1) is 6.92 Å². The minimum Gasteiger partial charge on any atom is -0.260 e. The predicted octanol–water partition coefficient (Wildman–Crippen LogP) is 13.0. The maximum Gasteiger partial charge on any atom is 0.0784 e. The highest BCUT2D eigenvalue weighted by atomic mass is 14.8. The van der Waals surface area contributed by atoms with Crippen molar-refractivity contribution >= 4 is 10.8 Å². The van der Waals surface area contributed by atoms with Gasteiger partial charge in [0, 0.05) is 23.3 Å². The summed E-state index contributed by atoms with van der Waals surface area (Å²) in [5.41, 5.74) is 13.1. The molecule has 0 saturated carbocycles. The fraction of sp³-hybridized carbons (Fsp3) is 0.0926. The van der Waals surface area contributed by atoms with E-state index < -0.39 is 10.8 Å². The van der Waals surface area contributed by atoms with Gasteiger partial charge in [-0.25, -0.2) is 0 Å². The molecule has 0 saturated heterocycles. The molecule has 2 atom stereocenters. The van der Waals surface area contributed by atoms with E-state index >= 15 is 0 Å². The molecule has 0 aliphatic rings. The minimum atomic E-state index is -0.601. The van der Waals surface area contributed by atoms with E-state index in [4.69, 9.17) is 15.0 Å². The Morgan fingerprint density at radius 3 is 1.60 bits per heavy atom. The van der Waals surface area contributed by atoms with Gasteiger partial charge in [0.1, 0.15) is 0 Å². The third-order valence-corrected chi connectivity index (χ3v) is 11.7. The summed E-state index contributed by atoms with van der Waals surface area (Å²) in [6.07, 6.45) is 3.77. The molecule has 0 spiro atoms. The molecule has 0 aliphatic carbocycles. The van der Waals surface area contributed by atoms with Crippen LogP contribution >= 0.6 is 0 Å². The second-order valence-electron chi connectivity index (χ2n) is 15.2. The number of nitrogens with zero attached hydrogens (tertiary/aromatic N) is 3. The Kier molecular flexibility index (Phi) is 9.36. The SMILES string of the molecule is Cc1cc(-c2nc(C(C)(c3ccccc3)c3ccccn3)cc3ccccc23)cc(C(C)(c2cccc(-c3ccc(-c4ccccc4)cc3)c2)c2ccccn2)c1. The quantitative estimate of drug-likeness (QED) is 0.148. The van der Waals surface area contributed by atoms with Crippen LogP contribution in [0.4, 0.5) is 0 Å². The number of pyridine rings is 3. The van der Waals surface area contributed by atoms with Gasteiger partial charge in [0.25, 0.3) is 0 Å². The average Bonchev–Trinajstić information content (AvgIpc) is 3.29. The highest BCUT2D eigenvalue weighted by Crippen LogP contribution is 2.44. The number of rotatable bonds is 9. The Morgan fingerprint density at radius 2 is 0.912 bits per heavy atom. The Hall–Kier alpha value is -6.97. The van der Waals surface area contributed by atoms with Crippen molar-refractivity contribution in [2.24, 2.45) is 0 Å². The van der Waals surface area contributed by atoms with Crippen molar-refractivity contribution in [1.29, 1.82) is 0 Å². The van der Waals surface area contributed by atoms with Crippen LogP contribution in [-0.4, -0.2) is 15.0 Å². The van der Waals surface area contributed by atoms with Gasteiger partial charge in [-0.1, -0.05) is 151 Å². The molecule has 2 unspecified atom stereocenters. The summed E-state index contributed by atoms with van der Waals surface area (Å²) in [7, 11) is 0. The van der Waals surface area contributed by atoms with Crippen molar-refractivity contribution in [3.05, 3.63) is 246 Å². The van der Waals surface area contributed by atoms with Crippen molar-refractivity contribution in [3.63, 3.8) is 0 Å². The number of benzene rings is 6. The van der Waals surface area contributed by atoms with Gasteiger partial charge in [-0.3, -0.25) is 15.0 Å². The molecule has 0 N–H and O–H groups in total. The maximum absolute atomic E-state index is 5.63. The molecule has 0 bridgehead atoms. The first kappa shape index (κ1) is 35.7. The third-order valence-electron chi connectivity index (χ3n) is 11.7. The summed E-state index contributed by atoms with van der Waals surface area (Å²) in [5.74, 6) is 0. The predicted molar refractivity (Wildman–Crippen MR) is 235 cm³/mol. The molecule has 3 heteroatoms. The minimum absolute atomic E-state index is 0.581. The maximum atomic E-state index is 5.63. The second-order valence-corrected chi connectivity index (χ2v) is 15.2. The average molecular weight is 734 g/mol. The Labute approximate surface area is 335 Å². The van der Waals surface area contributed by atoms with Gasteiger partial charge in [-0.2, -0.15) is 0 Å². The van der Waals surface area contributed by atoms with Crippen molar-refractivity contribution in [2.75, 3.05) is 0 Å². The van der Waals surface area contributed by atoms with Crippen LogP contribution in [0.15, 0.2) is 207 Å². The number of aromatic nitrogens is 3. The van der Waals surface area contributed by atoms with E-state index in [0.717, 1.165) is 61.4 Å². The van der Waals surface area contributed by atoms with E-state index in [9.17, 15) is 0 Å². The van der Waals surface area contributed by atoms with Crippen LogP contribution in [0.5, 0.6) is 0 Å². The smallest absolute Gasteiger partial charge is 0.0784 e. The zero-order valence-electron chi connectivity index (χ0n) is 32.5. The molecule has 3 heterocycles. The first-order valence-electron chi connectivity index (χ1n) is 19.6. The molecule has 274 valence electrons. The van der Waals surface area contributed by atoms with E-state index in [2.05, 4.69) is 203 Å². The molecule has 57 heavy (non-hydrogen) atoms. The van der Waals surface area contributed by atoms with Gasteiger partial charge in [-0.05, 0) is 114 Å². The zero-order valence-corrected chi connectivity index (χ0v) is 32.5. The fourth-order valence-corrected chi connectivity index (χ4v) is 8.36. The van der Waals surface area contributed by atoms with Gasteiger partial charge >= 0.3 is 0 Å². The summed E-state index contributed by atoms with van der Waals surface area (Å²) in [6, 6.07) is 69.1. The summed E-state index contributed by atoms with van der Waals surface area (Å²) in [6.45, 7) is 6.74. The Morgan fingerprint density at radius 1 is 0.368 bits per heavy atom. The van der Waals surface area contributed by atoms with Gasteiger partial charge in [0.05, 0.1) is 33.6 Å². The second kappa shape index (κ2) is 14.9. The Balaban J connectivity index is 1.21. The third kappa shape index (κ3) is 6.62. The first-order chi connectivity index (χ1) is 27.9. The van der Waals surface area contributed by atoms with E-state index in [-0.39, 0.29) is 0 Å². The molecule has 6 aromatic carbocycles. The van der Waals surface area contributed by atoms with E-state index in [0.29, 0.717) is 0 Å². The molecule has 9 rings (SSSR count). The highest BCUT2D eigenvalue weighted by molar-refractivity contribution is 5.95. The Bertz CT molecular complexity index is 2760. The van der Waals surface area contributed by atoms with E-state index in [1.807, 2.05) is 24.5 Å². The largest absolute Gasteiger partial charge is 0.260 e. The summed E-state index contributed by atoms with van der Waals surface area (Å²) >= 11 is 0. The lowest BCUT2D eigenvalue weighted by Gasteiger charge is -2.32. The molecular formula is C54H43N3. The normalized spacial score (nSPS) is 13.5. The van der Waals surface area contributed by atoms with Gasteiger partial charge in [0.2, 0.25) is 0 Å². The van der Waals surface area contributed by atoms with Crippen molar-refractivity contribution < 1.29 is 0 Å². The monoisotopic (exact) mass is 733 g/mol. The lowest BCUT2D eigenvalue weighted by atomic mass is 9.72. The van der Waals surface area contributed by atoms with Crippen molar-refractivity contribution in [2.45, 2.75) is 31.6 Å². The molecule has 3 aromatic heterocycles. The molecule has 0 amide bonds. The molecule has 0 fully saturated rings. The number of fused-ring (bicyclic) bond motifs is 1. The van der Waals surface area contributed by atoms with Crippen LogP contribution in [0.25, 0.3) is 44.3 Å². The number of hydrogen-bond donors (Lipinski definition) is 0. The van der Waals surface area contributed by atoms with Crippen LogP contribution < -0.4 is 0 Å². The molecular weight excluding hydrogens is 691 g/mol. The standard InChI is InChI=1S/C54H43N3/c1-38-33-44(52-48-24-11-10-19-43(48)37-51(57-52)54(3,45-21-8-5-9-22-45)50-26-13-15-32-56-50)36-47(34-38)53(2,49-25-12-14-31-55-49)46-23-16-20-42(35-46)41-29-27-40(28-30-41)39-17-6-4-7-18-39/h4-37H,1-3H3. The topological polar surface area (TPSA) is 38.7 Å². The van der Waals surface area contributed by atoms with Crippen LogP contribution in [0.3, 0.4) is 0 Å². The number of hydrogen-bond acceptors (Lipinski definition) is 3. The van der Waals surface area contributed by atoms with Gasteiger partial charge < -0.3 is 0 Å². The van der Waals surface area contributed by atoms with Crippen LogP contribution in [0.2, 0.25) is 0 Å². The molecule has 0 radical (unpaired) electrons. The summed E-state index contributed by atoms with van der Waals surface area (Å²) in [5, 5.41) is 2.24. The fourth-order valence-electron chi connectivity index (χ4n) is 8.36. The summed E-state index contributed by atoms with van der Waals surface area (Å²) in [4.78, 5) is 15.6. The van der Waals surface area contributed by atoms with Gasteiger partial charge in [0.15, 0.2) is 0 Å². The lowest BCUT2D eigenvalue weighted by Crippen LogP contribution is -2.28. The molecule has 9 aromatic rings. The summed E-state index contributed by atoms with van der Waals surface area (Å²) < 4.78 is 0. The first-order valence-corrected chi connectivity index (χ1v) is 19.6. The molecule has 0 aliphatic heterocycles. The zero-order chi connectivity index (χ0) is 38.8. The number of aryl methyl sites for hydroxylation is 1. The van der Waals surface area contributed by atoms with E-state index in [1.54, 1.807) is 0 Å². The lowest BCUT2D eigenvalue weighted by molar-refractivity contribution is 0.643. The van der Waals surface area contributed by atoms with Crippen LogP contribution in [0.1, 0.15) is 53.2 Å². The highest BCUT2D eigenvalue weighted by Gasteiger charge is 2.36. The van der Waals surface area contributed by atoms with E-state index in [1.165, 1.54) is 22.3 Å². The molecule has 3 nitrogen and oxygen atoms in total. The van der Waals surface area contributed by atoms with Crippen molar-refractivity contribution in [3.8, 4) is 33.5 Å².